The molecule has 1 N–H and O–H groups in total. The van der Waals surface area contributed by atoms with Crippen molar-refractivity contribution in [1.29, 1.82) is 0 Å². The highest BCUT2D eigenvalue weighted by atomic mass is 16.2. The van der Waals surface area contributed by atoms with Gasteiger partial charge in [-0.1, -0.05) is 0 Å². The van der Waals surface area contributed by atoms with Gasteiger partial charge in [0.2, 0.25) is 5.91 Å². The molecule has 0 spiro atoms. The largest absolute Gasteiger partial charge is 0.338 e. The molecule has 0 saturated carbocycles. The lowest BCUT2D eigenvalue weighted by atomic mass is 10.1. The van der Waals surface area contributed by atoms with E-state index in [-0.39, 0.29) is 11.9 Å². The maximum atomic E-state index is 12.6. The summed E-state index contributed by atoms with van der Waals surface area (Å²) in [4.78, 5) is 19.0. The van der Waals surface area contributed by atoms with E-state index >= 15 is 0 Å². The normalized spacial score (nSPS) is 17.2. The van der Waals surface area contributed by atoms with Crippen LogP contribution in [-0.2, 0) is 4.79 Å². The first-order valence-corrected chi connectivity index (χ1v) is 7.51. The second-order valence-corrected chi connectivity index (χ2v) is 5.83. The third-order valence-corrected chi connectivity index (χ3v) is 4.39. The molecule has 1 aliphatic heterocycles. The number of imidazole rings is 1. The van der Waals surface area contributed by atoms with E-state index in [1.54, 1.807) is 6.33 Å². The van der Waals surface area contributed by atoms with Gasteiger partial charge in [0.15, 0.2) is 0 Å². The minimum absolute atomic E-state index is 0.175. The lowest BCUT2D eigenvalue weighted by molar-refractivity contribution is -0.134. The molecule has 5 heteroatoms. The Morgan fingerprint density at radius 3 is 2.62 bits per heavy atom. The standard InChI is InChI=1S/C16H22N4O/c1-11-8-14-15(9-12(11)2)20(10-18-14)13(3)16(21)19-6-4-17-5-7-19/h8-10,13,17H,4-7H2,1-3H3. The molecular weight excluding hydrogens is 264 g/mol. The molecule has 0 radical (unpaired) electrons. The van der Waals surface area contributed by atoms with Crippen LogP contribution in [0, 0.1) is 13.8 Å². The molecule has 1 atom stereocenters. The van der Waals surface area contributed by atoms with E-state index in [9.17, 15) is 4.79 Å². The highest BCUT2D eigenvalue weighted by molar-refractivity contribution is 5.84. The predicted molar refractivity (Wildman–Crippen MR) is 83.4 cm³/mol. The summed E-state index contributed by atoms with van der Waals surface area (Å²) in [5.74, 6) is 0.175. The summed E-state index contributed by atoms with van der Waals surface area (Å²) in [6.07, 6.45) is 1.79. The second-order valence-electron chi connectivity index (χ2n) is 5.83. The molecule has 1 aromatic heterocycles. The topological polar surface area (TPSA) is 50.2 Å². The van der Waals surface area contributed by atoms with Crippen molar-refractivity contribution in [2.75, 3.05) is 26.2 Å². The van der Waals surface area contributed by atoms with E-state index in [0.29, 0.717) is 0 Å². The lowest BCUT2D eigenvalue weighted by Gasteiger charge is -2.30. The molecular formula is C16H22N4O. The molecule has 1 fully saturated rings. The van der Waals surface area contributed by atoms with E-state index in [4.69, 9.17) is 0 Å². The van der Waals surface area contributed by atoms with Gasteiger partial charge in [-0.15, -0.1) is 0 Å². The van der Waals surface area contributed by atoms with Crippen LogP contribution < -0.4 is 5.32 Å². The summed E-state index contributed by atoms with van der Waals surface area (Å²) in [7, 11) is 0. The minimum Gasteiger partial charge on any atom is -0.338 e. The van der Waals surface area contributed by atoms with Gasteiger partial charge in [0.05, 0.1) is 17.4 Å². The van der Waals surface area contributed by atoms with Crippen LogP contribution in [0.15, 0.2) is 18.5 Å². The van der Waals surface area contributed by atoms with Gasteiger partial charge in [0.25, 0.3) is 0 Å². The minimum atomic E-state index is -0.213. The Kier molecular flexibility index (Phi) is 3.68. The molecule has 1 saturated heterocycles. The fourth-order valence-electron chi connectivity index (χ4n) is 2.86. The summed E-state index contributed by atoms with van der Waals surface area (Å²) < 4.78 is 1.99. The van der Waals surface area contributed by atoms with Crippen molar-refractivity contribution in [3.05, 3.63) is 29.6 Å². The van der Waals surface area contributed by atoms with E-state index in [0.717, 1.165) is 37.2 Å². The maximum absolute atomic E-state index is 12.6. The maximum Gasteiger partial charge on any atom is 0.245 e. The van der Waals surface area contributed by atoms with Gasteiger partial charge in [-0.05, 0) is 44.0 Å². The zero-order valence-electron chi connectivity index (χ0n) is 12.9. The number of nitrogens with zero attached hydrogens (tertiary/aromatic N) is 3. The molecule has 112 valence electrons. The first-order chi connectivity index (χ1) is 10.1. The van der Waals surface area contributed by atoms with Gasteiger partial charge in [0, 0.05) is 26.2 Å². The third kappa shape index (κ3) is 2.53. The molecule has 2 aromatic rings. The molecule has 2 heterocycles. The Balaban J connectivity index is 1.92. The van der Waals surface area contributed by atoms with Gasteiger partial charge in [-0.25, -0.2) is 4.98 Å². The molecule has 3 rings (SSSR count). The summed E-state index contributed by atoms with van der Waals surface area (Å²) in [6.45, 7) is 9.46. The number of piperazine rings is 1. The summed E-state index contributed by atoms with van der Waals surface area (Å²) in [5.41, 5.74) is 4.45. The second kappa shape index (κ2) is 5.48. The first kappa shape index (κ1) is 14.1. The number of hydrogen-bond donors (Lipinski definition) is 1. The number of aryl methyl sites for hydroxylation is 2. The zero-order valence-corrected chi connectivity index (χ0v) is 12.9. The quantitative estimate of drug-likeness (QED) is 0.913. The van der Waals surface area contributed by atoms with Gasteiger partial charge < -0.3 is 14.8 Å². The van der Waals surface area contributed by atoms with Crippen LogP contribution in [0.2, 0.25) is 0 Å². The van der Waals surface area contributed by atoms with Crippen molar-refractivity contribution in [1.82, 2.24) is 19.8 Å². The number of carbonyl (C=O) groups is 1. The average molecular weight is 286 g/mol. The van der Waals surface area contributed by atoms with Gasteiger partial charge in [-0.3, -0.25) is 4.79 Å². The third-order valence-electron chi connectivity index (χ3n) is 4.39. The Hall–Kier alpha value is -1.88. The molecule has 1 amide bonds. The fraction of sp³-hybridized carbons (Fsp3) is 0.500. The number of fused-ring (bicyclic) bond motifs is 1. The van der Waals surface area contributed by atoms with E-state index in [1.807, 2.05) is 16.4 Å². The fourth-order valence-corrected chi connectivity index (χ4v) is 2.86. The van der Waals surface area contributed by atoms with Crippen LogP contribution in [0.3, 0.4) is 0 Å². The van der Waals surface area contributed by atoms with Crippen molar-refractivity contribution >= 4 is 16.9 Å². The van der Waals surface area contributed by atoms with Crippen molar-refractivity contribution in [3.8, 4) is 0 Å². The van der Waals surface area contributed by atoms with Gasteiger partial charge >= 0.3 is 0 Å². The number of carbonyl (C=O) groups excluding carboxylic acids is 1. The Bertz CT molecular complexity index is 670. The summed E-state index contributed by atoms with van der Waals surface area (Å²) in [6, 6.07) is 4.00. The smallest absolute Gasteiger partial charge is 0.245 e. The SMILES string of the molecule is Cc1cc2ncn(C(C)C(=O)N3CCNCC3)c2cc1C. The van der Waals surface area contributed by atoms with Crippen molar-refractivity contribution in [3.63, 3.8) is 0 Å². The van der Waals surface area contributed by atoms with E-state index in [1.165, 1.54) is 11.1 Å². The van der Waals surface area contributed by atoms with Crippen molar-refractivity contribution in [2.24, 2.45) is 0 Å². The molecule has 0 aliphatic carbocycles. The van der Waals surface area contributed by atoms with Crippen molar-refractivity contribution < 1.29 is 4.79 Å². The number of benzene rings is 1. The molecule has 1 aromatic carbocycles. The van der Waals surface area contributed by atoms with E-state index < -0.39 is 0 Å². The van der Waals surface area contributed by atoms with Crippen LogP contribution >= 0.6 is 0 Å². The predicted octanol–water partition coefficient (Wildman–Crippen LogP) is 1.65. The van der Waals surface area contributed by atoms with Gasteiger partial charge in [-0.2, -0.15) is 0 Å². The molecule has 0 bridgehead atoms. The Labute approximate surface area is 125 Å². The Morgan fingerprint density at radius 2 is 1.90 bits per heavy atom. The van der Waals surface area contributed by atoms with Crippen LogP contribution in [0.5, 0.6) is 0 Å². The number of aromatic nitrogens is 2. The highest BCUT2D eigenvalue weighted by Gasteiger charge is 2.24. The number of rotatable bonds is 2. The van der Waals surface area contributed by atoms with Crippen LogP contribution in [0.4, 0.5) is 0 Å². The number of amides is 1. The zero-order chi connectivity index (χ0) is 15.0. The highest BCUT2D eigenvalue weighted by Crippen LogP contribution is 2.22. The summed E-state index contributed by atoms with van der Waals surface area (Å²) in [5, 5.41) is 3.27. The Morgan fingerprint density at radius 1 is 1.24 bits per heavy atom. The van der Waals surface area contributed by atoms with Gasteiger partial charge in [0.1, 0.15) is 6.04 Å². The molecule has 21 heavy (non-hydrogen) atoms. The van der Waals surface area contributed by atoms with Crippen LogP contribution in [0.1, 0.15) is 24.1 Å². The van der Waals surface area contributed by atoms with Crippen molar-refractivity contribution in [2.45, 2.75) is 26.8 Å². The molecule has 1 unspecified atom stereocenters. The molecule has 1 aliphatic rings. The average Bonchev–Trinajstić information content (AvgIpc) is 2.90. The lowest BCUT2D eigenvalue weighted by Crippen LogP contribution is -2.48. The van der Waals surface area contributed by atoms with Crippen LogP contribution in [-0.4, -0.2) is 46.5 Å². The first-order valence-electron chi connectivity index (χ1n) is 7.51. The number of nitrogens with one attached hydrogen (secondary N) is 1. The van der Waals surface area contributed by atoms with E-state index in [2.05, 4.69) is 36.3 Å². The van der Waals surface area contributed by atoms with Crippen LogP contribution in [0.25, 0.3) is 11.0 Å². The monoisotopic (exact) mass is 286 g/mol. The molecule has 5 nitrogen and oxygen atoms in total. The number of hydrogen-bond acceptors (Lipinski definition) is 3. The summed E-state index contributed by atoms with van der Waals surface area (Å²) >= 11 is 0.